The van der Waals surface area contributed by atoms with Gasteiger partial charge in [0, 0.05) is 65.1 Å². The largest absolute Gasteiger partial charge is 0.457 e. The van der Waals surface area contributed by atoms with Crippen molar-refractivity contribution in [1.29, 1.82) is 15.8 Å². The van der Waals surface area contributed by atoms with Crippen LogP contribution in [0, 0.1) is 39.9 Å². The average molecular weight is 1090 g/mol. The standard InChI is InChI=1S/C24H26N4O2.C19H19N5O2.C18H17N5O2/c1-16(2)14-28-15-17(13-25)21-12-20(9-10-23(21)28)30-19-7-5-18(6-8-19)27-24(29)22-4-3-11-26-22;1-2-24-17-8-7-14(9-15(17)16(10-20)19(24)22)26-13-5-3-12(4-6-13)23-18(25)11-21;1-23-16-7-6-13(8-14(16)15(9-19)18(23)21)25-12-4-2-11(3-5-12)22-17(24)10-20/h5-10,12,15-16,22,26H,3-4,11,14H2,1-2H3,(H,27,29);3-9H,2,11,21-22H2,1H3,(H,23,25);2-8H,10,20-21H2,1H3,(H,22,24)/t22-;;/m0../s1. The predicted molar refractivity (Wildman–Crippen MR) is 315 cm³/mol. The molecule has 1 saturated heterocycles. The third-order valence-electron chi connectivity index (χ3n) is 13.2. The van der Waals surface area contributed by atoms with E-state index in [0.29, 0.717) is 86.7 Å². The number of benzene rings is 6. The highest BCUT2D eigenvalue weighted by Gasteiger charge is 2.22. The molecule has 3 amide bonds. The highest BCUT2D eigenvalue weighted by atomic mass is 16.5. The Morgan fingerprint density at radius 1 is 0.617 bits per heavy atom. The first-order chi connectivity index (χ1) is 39.1. The van der Waals surface area contributed by atoms with Gasteiger partial charge in [-0.2, -0.15) is 15.8 Å². The zero-order chi connectivity index (χ0) is 57.7. The number of nitrogen functional groups attached to an aromatic ring is 2. The quantitative estimate of drug-likeness (QED) is 0.0474. The lowest BCUT2D eigenvalue weighted by Crippen LogP contribution is -2.35. The molecule has 10 rings (SSSR count). The molecule has 6 aromatic carbocycles. The van der Waals surface area contributed by atoms with Crippen LogP contribution >= 0.6 is 0 Å². The van der Waals surface area contributed by atoms with E-state index in [1.54, 1.807) is 65.2 Å². The molecule has 412 valence electrons. The molecule has 0 unspecified atom stereocenters. The van der Waals surface area contributed by atoms with E-state index in [2.05, 4.69) is 57.9 Å². The number of amides is 3. The third kappa shape index (κ3) is 13.5. The van der Waals surface area contributed by atoms with E-state index in [1.165, 1.54) is 0 Å². The Morgan fingerprint density at radius 2 is 1.06 bits per heavy atom. The molecule has 3 aromatic heterocycles. The van der Waals surface area contributed by atoms with Gasteiger partial charge in [-0.25, -0.2) is 0 Å². The zero-order valence-electron chi connectivity index (χ0n) is 45.2. The lowest BCUT2D eigenvalue weighted by molar-refractivity contribution is -0.118. The molecule has 1 fully saturated rings. The van der Waals surface area contributed by atoms with Crippen LogP contribution in [0.15, 0.2) is 134 Å². The molecule has 0 aliphatic carbocycles. The number of hydrogen-bond acceptors (Lipinski definition) is 14. The Labute approximate surface area is 468 Å². The summed E-state index contributed by atoms with van der Waals surface area (Å²) < 4.78 is 23.5. The monoisotopic (exact) mass is 1090 g/mol. The number of carbonyl (C=O) groups is 3. The van der Waals surface area contributed by atoms with Crippen LogP contribution in [-0.2, 0) is 34.5 Å². The van der Waals surface area contributed by atoms with E-state index in [1.807, 2.05) is 91.5 Å². The van der Waals surface area contributed by atoms with Gasteiger partial charge in [-0.05, 0) is 160 Å². The molecule has 0 bridgehead atoms. The molecule has 0 spiro atoms. The fourth-order valence-corrected chi connectivity index (χ4v) is 9.26. The summed E-state index contributed by atoms with van der Waals surface area (Å²) in [5.74, 6) is 4.61. The van der Waals surface area contributed by atoms with Crippen molar-refractivity contribution in [2.75, 3.05) is 47.1 Å². The molecule has 1 aliphatic rings. The smallest absolute Gasteiger partial charge is 0.241 e. The van der Waals surface area contributed by atoms with Crippen molar-refractivity contribution in [3.8, 4) is 52.7 Å². The van der Waals surface area contributed by atoms with Crippen molar-refractivity contribution in [2.24, 2.45) is 24.4 Å². The fraction of sp³-hybridized carbons (Fsp3) is 0.213. The van der Waals surface area contributed by atoms with Gasteiger partial charge in [0.05, 0.1) is 35.7 Å². The number of fused-ring (bicyclic) bond motifs is 3. The second-order valence-electron chi connectivity index (χ2n) is 19.3. The van der Waals surface area contributed by atoms with Crippen molar-refractivity contribution in [2.45, 2.75) is 52.7 Å². The van der Waals surface area contributed by atoms with Crippen LogP contribution in [0.25, 0.3) is 32.7 Å². The maximum atomic E-state index is 12.2. The molecular formula is C61H62N14O6. The van der Waals surface area contributed by atoms with Crippen molar-refractivity contribution >= 4 is 79.1 Å². The summed E-state index contributed by atoms with van der Waals surface area (Å²) in [4.78, 5) is 34.8. The van der Waals surface area contributed by atoms with E-state index in [0.717, 1.165) is 64.3 Å². The number of nitrogens with zero attached hydrogens (tertiary/aromatic N) is 6. The van der Waals surface area contributed by atoms with Crippen molar-refractivity contribution in [1.82, 2.24) is 19.0 Å². The van der Waals surface area contributed by atoms with E-state index >= 15 is 0 Å². The summed E-state index contributed by atoms with van der Waals surface area (Å²) in [5, 5.41) is 42.1. The molecule has 20 nitrogen and oxygen atoms in total. The van der Waals surface area contributed by atoms with Crippen LogP contribution in [0.4, 0.5) is 28.7 Å². The van der Waals surface area contributed by atoms with E-state index in [-0.39, 0.29) is 36.9 Å². The number of nitriles is 3. The van der Waals surface area contributed by atoms with Gasteiger partial charge in [0.2, 0.25) is 17.7 Å². The topological polar surface area (TPSA) is 317 Å². The number of aromatic nitrogens is 3. The molecule has 81 heavy (non-hydrogen) atoms. The summed E-state index contributed by atoms with van der Waals surface area (Å²) in [5.41, 5.74) is 28.9. The maximum Gasteiger partial charge on any atom is 0.241 e. The SMILES string of the molecule is CC(C)Cn1cc(C#N)c2cc(Oc3ccc(NC(=O)[C@@H]4CCCN4)cc3)ccc21.CCn1c(N)c(C#N)c2cc(Oc3ccc(NC(=O)CN)cc3)ccc21.Cn1c(N)c(C#N)c2cc(Oc3ccc(NC(=O)CN)cc3)ccc21. The maximum absolute atomic E-state index is 12.2. The molecule has 20 heteroatoms. The number of aryl methyl sites for hydroxylation is 2. The lowest BCUT2D eigenvalue weighted by atomic mass is 10.1. The van der Waals surface area contributed by atoms with Gasteiger partial charge in [0.1, 0.15) is 75.5 Å². The molecule has 1 aliphatic heterocycles. The second-order valence-corrected chi connectivity index (χ2v) is 19.3. The summed E-state index contributed by atoms with van der Waals surface area (Å²) in [6.07, 6.45) is 3.81. The Hall–Kier alpha value is -10.3. The van der Waals surface area contributed by atoms with Gasteiger partial charge >= 0.3 is 0 Å². The first kappa shape index (κ1) is 56.9. The molecule has 4 heterocycles. The number of ether oxygens (including phenoxy) is 3. The molecule has 0 radical (unpaired) electrons. The van der Waals surface area contributed by atoms with Gasteiger partial charge in [0.15, 0.2) is 0 Å². The second kappa shape index (κ2) is 25.9. The van der Waals surface area contributed by atoms with Gasteiger partial charge in [0.25, 0.3) is 0 Å². The number of rotatable bonds is 15. The fourth-order valence-electron chi connectivity index (χ4n) is 9.26. The van der Waals surface area contributed by atoms with Gasteiger partial charge < -0.3 is 72.1 Å². The third-order valence-corrected chi connectivity index (χ3v) is 13.2. The van der Waals surface area contributed by atoms with Gasteiger partial charge in [-0.1, -0.05) is 13.8 Å². The highest BCUT2D eigenvalue weighted by Crippen LogP contribution is 2.35. The summed E-state index contributed by atoms with van der Waals surface area (Å²) in [6.45, 7) is 8.59. The first-order valence-electron chi connectivity index (χ1n) is 26.1. The van der Waals surface area contributed by atoms with E-state index in [9.17, 15) is 30.2 Å². The van der Waals surface area contributed by atoms with E-state index < -0.39 is 0 Å². The zero-order valence-corrected chi connectivity index (χ0v) is 45.2. The minimum absolute atomic E-state index is 0.00145. The van der Waals surface area contributed by atoms with Crippen molar-refractivity contribution in [3.05, 3.63) is 150 Å². The number of hydrogen-bond donors (Lipinski definition) is 8. The minimum Gasteiger partial charge on any atom is -0.457 e. The minimum atomic E-state index is -0.259. The van der Waals surface area contributed by atoms with Crippen molar-refractivity contribution < 1.29 is 28.6 Å². The Kier molecular flexibility index (Phi) is 18.2. The molecule has 9 aromatic rings. The van der Waals surface area contributed by atoms with Gasteiger partial charge in [-0.3, -0.25) is 14.4 Å². The first-order valence-corrected chi connectivity index (χ1v) is 26.1. The number of carbonyl (C=O) groups excluding carboxylic acids is 3. The molecular weight excluding hydrogens is 1020 g/mol. The van der Waals surface area contributed by atoms with E-state index in [4.69, 9.17) is 37.1 Å². The highest BCUT2D eigenvalue weighted by molar-refractivity contribution is 5.96. The predicted octanol–water partition coefficient (Wildman–Crippen LogP) is 9.78. The van der Waals surface area contributed by atoms with Gasteiger partial charge in [-0.15, -0.1) is 0 Å². The summed E-state index contributed by atoms with van der Waals surface area (Å²) in [7, 11) is 1.81. The van der Waals surface area contributed by atoms with Crippen LogP contribution in [0.3, 0.4) is 0 Å². The normalized spacial score (nSPS) is 12.5. The van der Waals surface area contributed by atoms with Crippen molar-refractivity contribution in [3.63, 3.8) is 0 Å². The molecule has 1 atom stereocenters. The summed E-state index contributed by atoms with van der Waals surface area (Å²) in [6, 6.07) is 44.5. The number of anilines is 5. The van der Waals surface area contributed by atoms with Crippen LogP contribution < -0.4 is 58.4 Å². The lowest BCUT2D eigenvalue weighted by Gasteiger charge is -2.12. The number of nitrogens with one attached hydrogen (secondary N) is 4. The van der Waals surface area contributed by atoms with Crippen LogP contribution in [0.1, 0.15) is 50.3 Å². The van der Waals surface area contributed by atoms with Crippen LogP contribution in [0.5, 0.6) is 34.5 Å². The Balaban J connectivity index is 0.000000160. The van der Waals surface area contributed by atoms with Crippen LogP contribution in [0.2, 0.25) is 0 Å². The molecule has 12 N–H and O–H groups in total. The summed E-state index contributed by atoms with van der Waals surface area (Å²) >= 11 is 0. The Morgan fingerprint density at radius 3 is 1.51 bits per heavy atom. The number of nitrogens with two attached hydrogens (primary N) is 4. The molecule has 0 saturated carbocycles. The van der Waals surface area contributed by atoms with Crippen LogP contribution in [-0.4, -0.2) is 57.1 Å². The Bertz CT molecular complexity index is 3870. The average Bonchev–Trinajstić information content (AvgIpc) is 4.34.